The third-order valence-electron chi connectivity index (χ3n) is 3.25. The van der Waals surface area contributed by atoms with Gasteiger partial charge in [-0.25, -0.2) is 4.98 Å². The molecule has 0 atom stereocenters. The van der Waals surface area contributed by atoms with E-state index in [0.717, 1.165) is 17.4 Å². The molecule has 134 valence electrons. The maximum absolute atomic E-state index is 12.5. The average Bonchev–Trinajstić information content (AvgIpc) is 2.98. The monoisotopic (exact) mass is 379 g/mol. The van der Waals surface area contributed by atoms with Crippen LogP contribution in [-0.2, 0) is 0 Å². The summed E-state index contributed by atoms with van der Waals surface area (Å²) in [5.41, 5.74) is 0.991. The summed E-state index contributed by atoms with van der Waals surface area (Å²) >= 11 is 1.11. The van der Waals surface area contributed by atoms with Crippen LogP contribution >= 0.6 is 11.3 Å². The molecule has 26 heavy (non-hydrogen) atoms. The third-order valence-corrected chi connectivity index (χ3v) is 4.43. The van der Waals surface area contributed by atoms with Crippen molar-refractivity contribution in [2.45, 2.75) is 13.3 Å². The van der Waals surface area contributed by atoms with Crippen LogP contribution in [0.3, 0.4) is 0 Å². The van der Waals surface area contributed by atoms with Crippen LogP contribution in [0, 0.1) is 6.92 Å². The van der Waals surface area contributed by atoms with Gasteiger partial charge in [0.05, 0.1) is 17.1 Å². The number of thiazole rings is 1. The lowest BCUT2D eigenvalue weighted by molar-refractivity contribution is -0.274. The molecule has 0 saturated carbocycles. The first kappa shape index (κ1) is 17.9. The van der Waals surface area contributed by atoms with Gasteiger partial charge in [0.25, 0.3) is 5.91 Å². The summed E-state index contributed by atoms with van der Waals surface area (Å²) in [4.78, 5) is 21.3. The SMILES string of the molecule is Cc1nc(-c2ccccn2)sc1C(=O)Nc1ccccc1OC(F)(F)F. The van der Waals surface area contributed by atoms with Gasteiger partial charge in [0.1, 0.15) is 9.88 Å². The van der Waals surface area contributed by atoms with E-state index >= 15 is 0 Å². The largest absolute Gasteiger partial charge is 0.573 e. The van der Waals surface area contributed by atoms with Crippen molar-refractivity contribution in [1.29, 1.82) is 0 Å². The lowest BCUT2D eigenvalue weighted by Gasteiger charge is -2.13. The van der Waals surface area contributed by atoms with E-state index in [-0.39, 0.29) is 10.6 Å². The Morgan fingerprint density at radius 3 is 2.58 bits per heavy atom. The number of para-hydroxylation sites is 2. The lowest BCUT2D eigenvalue weighted by atomic mass is 10.2. The zero-order valence-electron chi connectivity index (χ0n) is 13.4. The van der Waals surface area contributed by atoms with Crippen molar-refractivity contribution in [3.63, 3.8) is 0 Å². The number of ether oxygens (including phenoxy) is 1. The first-order chi connectivity index (χ1) is 12.3. The molecular weight excluding hydrogens is 367 g/mol. The van der Waals surface area contributed by atoms with Crippen LogP contribution in [0.4, 0.5) is 18.9 Å². The van der Waals surface area contributed by atoms with Gasteiger partial charge in [-0.3, -0.25) is 9.78 Å². The number of pyridine rings is 1. The Hall–Kier alpha value is -2.94. The molecule has 3 rings (SSSR count). The molecule has 5 nitrogen and oxygen atoms in total. The standard InChI is InChI=1S/C17H12F3N3O2S/c1-10-14(26-16(22-10)12-7-4-5-9-21-12)15(24)23-11-6-2-3-8-13(11)25-17(18,19)20/h2-9H,1H3,(H,23,24). The Morgan fingerprint density at radius 1 is 1.15 bits per heavy atom. The second-order valence-electron chi connectivity index (χ2n) is 5.15. The third kappa shape index (κ3) is 4.17. The number of hydrogen-bond donors (Lipinski definition) is 1. The van der Waals surface area contributed by atoms with E-state index in [1.807, 2.05) is 0 Å². The van der Waals surface area contributed by atoms with E-state index in [1.165, 1.54) is 18.2 Å². The fourth-order valence-electron chi connectivity index (χ4n) is 2.17. The highest BCUT2D eigenvalue weighted by Crippen LogP contribution is 2.32. The second-order valence-corrected chi connectivity index (χ2v) is 6.15. The van der Waals surface area contributed by atoms with Crippen molar-refractivity contribution in [2.24, 2.45) is 0 Å². The number of aryl methyl sites for hydroxylation is 1. The minimum atomic E-state index is -4.85. The molecule has 0 bridgehead atoms. The molecule has 9 heteroatoms. The van der Waals surface area contributed by atoms with E-state index in [4.69, 9.17) is 0 Å². The number of halogens is 3. The van der Waals surface area contributed by atoms with Gasteiger partial charge in [-0.1, -0.05) is 18.2 Å². The van der Waals surface area contributed by atoms with E-state index in [9.17, 15) is 18.0 Å². The fourth-order valence-corrected chi connectivity index (χ4v) is 3.11. The van der Waals surface area contributed by atoms with Crippen LogP contribution in [-0.4, -0.2) is 22.2 Å². The highest BCUT2D eigenvalue weighted by atomic mass is 32.1. The number of rotatable bonds is 4. The number of aromatic nitrogens is 2. The molecule has 0 spiro atoms. The number of hydrogen-bond acceptors (Lipinski definition) is 5. The van der Waals surface area contributed by atoms with E-state index < -0.39 is 18.0 Å². The van der Waals surface area contributed by atoms with Crippen molar-refractivity contribution < 1.29 is 22.7 Å². The van der Waals surface area contributed by atoms with E-state index in [2.05, 4.69) is 20.0 Å². The van der Waals surface area contributed by atoms with Crippen LogP contribution in [0.1, 0.15) is 15.4 Å². The number of carbonyl (C=O) groups is 1. The minimum Gasteiger partial charge on any atom is -0.404 e. The average molecular weight is 379 g/mol. The predicted molar refractivity (Wildman–Crippen MR) is 91.2 cm³/mol. The number of benzene rings is 1. The van der Waals surface area contributed by atoms with Crippen LogP contribution in [0.25, 0.3) is 10.7 Å². The van der Waals surface area contributed by atoms with Gasteiger partial charge in [0.2, 0.25) is 0 Å². The van der Waals surface area contributed by atoms with Crippen molar-refractivity contribution in [3.8, 4) is 16.5 Å². The van der Waals surface area contributed by atoms with Gasteiger partial charge < -0.3 is 10.1 Å². The van der Waals surface area contributed by atoms with Crippen molar-refractivity contribution in [3.05, 3.63) is 59.2 Å². The zero-order chi connectivity index (χ0) is 18.7. The van der Waals surface area contributed by atoms with Crippen molar-refractivity contribution in [2.75, 3.05) is 5.32 Å². The Balaban J connectivity index is 1.85. The van der Waals surface area contributed by atoms with Gasteiger partial charge >= 0.3 is 6.36 Å². The van der Waals surface area contributed by atoms with E-state index in [0.29, 0.717) is 16.4 Å². The predicted octanol–water partition coefficient (Wildman–Crippen LogP) is 4.66. The van der Waals surface area contributed by atoms with Crippen LogP contribution < -0.4 is 10.1 Å². The van der Waals surface area contributed by atoms with Gasteiger partial charge in [0.15, 0.2) is 5.75 Å². The summed E-state index contributed by atoms with van der Waals surface area (Å²) < 4.78 is 41.4. The number of alkyl halides is 3. The summed E-state index contributed by atoms with van der Waals surface area (Å²) in [7, 11) is 0. The Bertz CT molecular complexity index is 927. The molecular formula is C17H12F3N3O2S. The Labute approximate surface area is 150 Å². The topological polar surface area (TPSA) is 64.1 Å². The molecule has 2 heterocycles. The molecule has 0 aliphatic heterocycles. The molecule has 0 radical (unpaired) electrons. The molecule has 3 aromatic rings. The van der Waals surface area contributed by atoms with Gasteiger partial charge in [-0.05, 0) is 31.2 Å². The molecule has 1 aromatic carbocycles. The molecule has 0 saturated heterocycles. The summed E-state index contributed by atoms with van der Waals surface area (Å²) in [6.45, 7) is 1.65. The molecule has 0 fully saturated rings. The number of anilines is 1. The van der Waals surface area contributed by atoms with Crippen molar-refractivity contribution in [1.82, 2.24) is 9.97 Å². The Morgan fingerprint density at radius 2 is 1.88 bits per heavy atom. The summed E-state index contributed by atoms with van der Waals surface area (Å²) in [5.74, 6) is -1.05. The smallest absolute Gasteiger partial charge is 0.404 e. The van der Waals surface area contributed by atoms with Crippen molar-refractivity contribution >= 4 is 22.9 Å². The summed E-state index contributed by atoms with van der Waals surface area (Å²) in [5, 5.41) is 2.99. The fraction of sp³-hybridized carbons (Fsp3) is 0.118. The quantitative estimate of drug-likeness (QED) is 0.716. The van der Waals surface area contributed by atoms with Crippen LogP contribution in [0.2, 0.25) is 0 Å². The summed E-state index contributed by atoms with van der Waals surface area (Å²) in [6.07, 6.45) is -3.25. The lowest BCUT2D eigenvalue weighted by Crippen LogP contribution is -2.19. The maximum atomic E-state index is 12.5. The molecule has 0 aliphatic rings. The number of carbonyl (C=O) groups excluding carboxylic acids is 1. The van der Waals surface area contributed by atoms with Gasteiger partial charge in [-0.15, -0.1) is 24.5 Å². The second kappa shape index (κ2) is 7.12. The first-order valence-electron chi connectivity index (χ1n) is 7.38. The molecule has 1 amide bonds. The van der Waals surface area contributed by atoms with E-state index in [1.54, 1.807) is 31.3 Å². The first-order valence-corrected chi connectivity index (χ1v) is 8.20. The Kier molecular flexibility index (Phi) is 4.90. The molecule has 1 N–H and O–H groups in total. The van der Waals surface area contributed by atoms with Crippen LogP contribution in [0.15, 0.2) is 48.7 Å². The minimum absolute atomic E-state index is 0.0815. The normalized spacial score (nSPS) is 11.2. The molecule has 0 aliphatic carbocycles. The zero-order valence-corrected chi connectivity index (χ0v) is 14.2. The maximum Gasteiger partial charge on any atom is 0.573 e. The summed E-state index contributed by atoms with van der Waals surface area (Å²) in [6, 6.07) is 10.6. The van der Waals surface area contributed by atoms with Crippen LogP contribution in [0.5, 0.6) is 5.75 Å². The number of nitrogens with zero attached hydrogens (tertiary/aromatic N) is 2. The number of amides is 1. The highest BCUT2D eigenvalue weighted by Gasteiger charge is 2.32. The van der Waals surface area contributed by atoms with Gasteiger partial charge in [0, 0.05) is 6.20 Å². The number of nitrogens with one attached hydrogen (secondary N) is 1. The molecule has 0 unspecified atom stereocenters. The van der Waals surface area contributed by atoms with Gasteiger partial charge in [-0.2, -0.15) is 0 Å². The molecule has 2 aromatic heterocycles. The highest BCUT2D eigenvalue weighted by molar-refractivity contribution is 7.17.